The van der Waals surface area contributed by atoms with Gasteiger partial charge in [0.2, 0.25) is 0 Å². The fraction of sp³-hybridized carbons (Fsp3) is 0.308. The molecule has 1 N–H and O–H groups in total. The van der Waals surface area contributed by atoms with E-state index in [4.69, 9.17) is 0 Å². The first kappa shape index (κ1) is 13.0. The second-order valence-electron chi connectivity index (χ2n) is 4.12. The van der Waals surface area contributed by atoms with E-state index < -0.39 is 16.9 Å². The zero-order valence-corrected chi connectivity index (χ0v) is 10.8. The van der Waals surface area contributed by atoms with Gasteiger partial charge in [-0.2, -0.15) is 5.10 Å². The Balaban J connectivity index is 1.80. The third kappa shape index (κ3) is 4.09. The largest absolute Gasteiger partial charge is 0.390 e. The van der Waals surface area contributed by atoms with E-state index in [2.05, 4.69) is 5.10 Å². The van der Waals surface area contributed by atoms with Crippen molar-refractivity contribution in [3.63, 3.8) is 0 Å². The van der Waals surface area contributed by atoms with E-state index in [9.17, 15) is 9.32 Å². The lowest BCUT2D eigenvalue weighted by atomic mass is 10.2. The number of aliphatic hydroxyl groups excluding tert-OH is 1. The molecule has 2 rings (SSSR count). The average molecular weight is 264 g/mol. The first-order valence-corrected chi connectivity index (χ1v) is 7.27. The summed E-state index contributed by atoms with van der Waals surface area (Å²) >= 11 is 0. The molecule has 0 spiro atoms. The van der Waals surface area contributed by atoms with E-state index in [1.54, 1.807) is 23.1 Å². The van der Waals surface area contributed by atoms with Crippen molar-refractivity contribution in [2.24, 2.45) is 0 Å². The summed E-state index contributed by atoms with van der Waals surface area (Å²) in [6.07, 6.45) is 2.81. The summed E-state index contributed by atoms with van der Waals surface area (Å²) in [5, 5.41) is 13.8. The summed E-state index contributed by atoms with van der Waals surface area (Å²) in [6.45, 7) is 0.382. The maximum Gasteiger partial charge on any atom is 0.0851 e. The molecule has 96 valence electrons. The number of hydrogen-bond acceptors (Lipinski definition) is 3. The Labute approximate surface area is 109 Å². The first-order valence-electron chi connectivity index (χ1n) is 5.78. The minimum atomic E-state index is -1.05. The Morgan fingerprint density at radius 3 is 2.72 bits per heavy atom. The number of hydrogen-bond donors (Lipinski definition) is 1. The van der Waals surface area contributed by atoms with Crippen molar-refractivity contribution in [2.45, 2.75) is 18.4 Å². The van der Waals surface area contributed by atoms with Crippen LogP contribution in [0, 0.1) is 0 Å². The van der Waals surface area contributed by atoms with E-state index in [1.807, 2.05) is 30.3 Å². The molecule has 0 aliphatic carbocycles. The van der Waals surface area contributed by atoms with Crippen molar-refractivity contribution in [2.75, 3.05) is 5.75 Å². The van der Waals surface area contributed by atoms with Gasteiger partial charge in [-0.1, -0.05) is 30.3 Å². The molecule has 0 saturated heterocycles. The third-order valence-electron chi connectivity index (χ3n) is 2.51. The molecule has 2 aromatic rings. The number of rotatable bonds is 6. The molecular formula is C13H16N2O2S. The van der Waals surface area contributed by atoms with Crippen molar-refractivity contribution in [1.82, 2.24) is 9.78 Å². The molecule has 1 heterocycles. The van der Waals surface area contributed by atoms with Crippen LogP contribution in [-0.2, 0) is 23.1 Å². The first-order chi connectivity index (χ1) is 8.74. The maximum atomic E-state index is 11.9. The molecule has 0 radical (unpaired) electrons. The molecule has 0 aliphatic heterocycles. The molecule has 4 nitrogen and oxygen atoms in total. The lowest BCUT2D eigenvalue weighted by molar-refractivity contribution is 0.172. The van der Waals surface area contributed by atoms with Crippen molar-refractivity contribution in [3.05, 3.63) is 54.4 Å². The average Bonchev–Trinajstić information content (AvgIpc) is 2.82. The topological polar surface area (TPSA) is 55.1 Å². The smallest absolute Gasteiger partial charge is 0.0851 e. The van der Waals surface area contributed by atoms with Gasteiger partial charge in [0.15, 0.2) is 0 Å². The summed E-state index contributed by atoms with van der Waals surface area (Å²) in [5.74, 6) is 0.756. The van der Waals surface area contributed by atoms with Crippen LogP contribution < -0.4 is 0 Å². The predicted molar refractivity (Wildman–Crippen MR) is 71.4 cm³/mol. The normalized spacial score (nSPS) is 14.3. The second-order valence-corrected chi connectivity index (χ2v) is 5.62. The SMILES string of the molecule is O=[S@@](Cc1ccccc1)C[C@@H](O)Cn1cccn1. The second kappa shape index (κ2) is 6.47. The zero-order valence-electron chi connectivity index (χ0n) is 9.98. The van der Waals surface area contributed by atoms with Crippen LogP contribution >= 0.6 is 0 Å². The molecule has 0 saturated carbocycles. The minimum Gasteiger partial charge on any atom is -0.390 e. The van der Waals surface area contributed by atoms with Gasteiger partial charge in [0.25, 0.3) is 0 Å². The van der Waals surface area contributed by atoms with Crippen molar-refractivity contribution in [3.8, 4) is 0 Å². The summed E-state index contributed by atoms with van der Waals surface area (Å²) in [5.41, 5.74) is 1.03. The van der Waals surface area contributed by atoms with Crippen LogP contribution in [0.4, 0.5) is 0 Å². The van der Waals surface area contributed by atoms with E-state index in [0.717, 1.165) is 5.56 Å². The van der Waals surface area contributed by atoms with Gasteiger partial charge < -0.3 is 5.11 Å². The highest BCUT2D eigenvalue weighted by Gasteiger charge is 2.10. The highest BCUT2D eigenvalue weighted by molar-refractivity contribution is 7.84. The van der Waals surface area contributed by atoms with E-state index >= 15 is 0 Å². The van der Waals surface area contributed by atoms with Gasteiger partial charge in [-0.3, -0.25) is 8.89 Å². The molecule has 0 bridgehead atoms. The van der Waals surface area contributed by atoms with Gasteiger partial charge in [-0.05, 0) is 11.6 Å². The number of aromatic nitrogens is 2. The fourth-order valence-corrected chi connectivity index (χ4v) is 2.93. The van der Waals surface area contributed by atoms with Crippen molar-refractivity contribution < 1.29 is 9.32 Å². The van der Waals surface area contributed by atoms with Crippen LogP contribution in [0.2, 0.25) is 0 Å². The Morgan fingerprint density at radius 2 is 2.06 bits per heavy atom. The molecule has 0 fully saturated rings. The fourth-order valence-electron chi connectivity index (χ4n) is 1.71. The van der Waals surface area contributed by atoms with Gasteiger partial charge in [0.1, 0.15) is 0 Å². The van der Waals surface area contributed by atoms with Crippen LogP contribution in [0.5, 0.6) is 0 Å². The van der Waals surface area contributed by atoms with Crippen LogP contribution in [0.15, 0.2) is 48.8 Å². The summed E-state index contributed by atoms with van der Waals surface area (Å²) in [6, 6.07) is 11.5. The number of benzene rings is 1. The van der Waals surface area contributed by atoms with Gasteiger partial charge >= 0.3 is 0 Å². The Kier molecular flexibility index (Phi) is 4.66. The van der Waals surface area contributed by atoms with Crippen LogP contribution in [0.3, 0.4) is 0 Å². The van der Waals surface area contributed by atoms with E-state index in [0.29, 0.717) is 12.3 Å². The lowest BCUT2D eigenvalue weighted by Gasteiger charge is -2.10. The summed E-state index contributed by atoms with van der Waals surface area (Å²) < 4.78 is 13.5. The summed E-state index contributed by atoms with van der Waals surface area (Å²) in [7, 11) is -1.05. The highest BCUT2D eigenvalue weighted by atomic mass is 32.2. The van der Waals surface area contributed by atoms with E-state index in [-0.39, 0.29) is 5.75 Å². The minimum absolute atomic E-state index is 0.273. The molecule has 2 atom stereocenters. The number of aliphatic hydroxyl groups is 1. The third-order valence-corrected chi connectivity index (χ3v) is 3.92. The van der Waals surface area contributed by atoms with Gasteiger partial charge in [0, 0.05) is 28.9 Å². The van der Waals surface area contributed by atoms with Gasteiger partial charge in [-0.15, -0.1) is 0 Å². The molecule has 0 aliphatic rings. The zero-order chi connectivity index (χ0) is 12.8. The highest BCUT2D eigenvalue weighted by Crippen LogP contribution is 2.04. The van der Waals surface area contributed by atoms with Gasteiger partial charge in [-0.25, -0.2) is 0 Å². The Morgan fingerprint density at radius 1 is 1.28 bits per heavy atom. The molecule has 0 amide bonds. The lowest BCUT2D eigenvalue weighted by Crippen LogP contribution is -2.23. The Hall–Kier alpha value is -1.46. The van der Waals surface area contributed by atoms with Crippen molar-refractivity contribution in [1.29, 1.82) is 0 Å². The quantitative estimate of drug-likeness (QED) is 0.852. The molecule has 1 aromatic heterocycles. The maximum absolute atomic E-state index is 11.9. The van der Waals surface area contributed by atoms with Crippen LogP contribution in [0.1, 0.15) is 5.56 Å². The molecule has 18 heavy (non-hydrogen) atoms. The monoisotopic (exact) mass is 264 g/mol. The Bertz CT molecular complexity index is 485. The molecule has 0 unspecified atom stereocenters. The molecule has 1 aromatic carbocycles. The molecule has 5 heteroatoms. The standard InChI is InChI=1S/C13H16N2O2S/c16-13(9-15-8-4-7-14-15)11-18(17)10-12-5-2-1-3-6-12/h1-8,13,16H,9-11H2/t13-,18-/m0/s1. The van der Waals surface area contributed by atoms with Crippen LogP contribution in [0.25, 0.3) is 0 Å². The number of nitrogens with zero attached hydrogens (tertiary/aromatic N) is 2. The van der Waals surface area contributed by atoms with Crippen LogP contribution in [-0.4, -0.2) is 31.0 Å². The molecular weight excluding hydrogens is 248 g/mol. The van der Waals surface area contributed by atoms with E-state index in [1.165, 1.54) is 0 Å². The van der Waals surface area contributed by atoms with Crippen molar-refractivity contribution >= 4 is 10.8 Å². The van der Waals surface area contributed by atoms with Gasteiger partial charge in [0.05, 0.1) is 18.4 Å². The predicted octanol–water partition coefficient (Wildman–Crippen LogP) is 1.19. The summed E-state index contributed by atoms with van der Waals surface area (Å²) in [4.78, 5) is 0.